The monoisotopic (exact) mass is 339 g/mol. The van der Waals surface area contributed by atoms with E-state index >= 15 is 0 Å². The van der Waals surface area contributed by atoms with Crippen molar-refractivity contribution in [1.82, 2.24) is 15.0 Å². The normalized spacial score (nSPS) is 13.2. The predicted molar refractivity (Wildman–Crippen MR) is 89.7 cm³/mol. The molecular weight excluding hydrogens is 318 g/mol. The van der Waals surface area contributed by atoms with Gasteiger partial charge in [-0.1, -0.05) is 12.1 Å². The summed E-state index contributed by atoms with van der Waals surface area (Å²) in [7, 11) is -1.98. The highest BCUT2D eigenvalue weighted by atomic mass is 32.2. The SMILES string of the molecule is CNS(=O)(=O)c1cccc([C@@H](C)NCCc2scnc2C)c1. The van der Waals surface area contributed by atoms with Crippen LogP contribution in [-0.2, 0) is 16.4 Å². The summed E-state index contributed by atoms with van der Waals surface area (Å²) in [5.41, 5.74) is 3.90. The summed E-state index contributed by atoms with van der Waals surface area (Å²) < 4.78 is 26.0. The van der Waals surface area contributed by atoms with Crippen molar-refractivity contribution in [2.45, 2.75) is 31.2 Å². The van der Waals surface area contributed by atoms with Crippen LogP contribution in [0.2, 0.25) is 0 Å². The number of aryl methyl sites for hydroxylation is 1. The fraction of sp³-hybridized carbons (Fsp3) is 0.400. The molecule has 0 bridgehead atoms. The molecule has 0 aliphatic carbocycles. The van der Waals surface area contributed by atoms with Crippen molar-refractivity contribution < 1.29 is 8.42 Å². The number of sulfonamides is 1. The Bertz CT molecular complexity index is 726. The molecule has 0 aliphatic rings. The van der Waals surface area contributed by atoms with Gasteiger partial charge in [0.1, 0.15) is 0 Å². The van der Waals surface area contributed by atoms with Crippen molar-refractivity contribution in [1.29, 1.82) is 0 Å². The molecule has 7 heteroatoms. The number of benzene rings is 1. The Morgan fingerprint density at radius 1 is 1.36 bits per heavy atom. The smallest absolute Gasteiger partial charge is 0.240 e. The molecule has 2 N–H and O–H groups in total. The number of aromatic nitrogens is 1. The van der Waals surface area contributed by atoms with Crippen LogP contribution >= 0.6 is 11.3 Å². The molecule has 1 atom stereocenters. The van der Waals surface area contributed by atoms with E-state index in [1.54, 1.807) is 29.5 Å². The third kappa shape index (κ3) is 4.13. The first-order valence-corrected chi connectivity index (χ1v) is 9.46. The lowest BCUT2D eigenvalue weighted by Crippen LogP contribution is -2.22. The van der Waals surface area contributed by atoms with Crippen LogP contribution < -0.4 is 10.0 Å². The van der Waals surface area contributed by atoms with Crippen LogP contribution in [0.5, 0.6) is 0 Å². The van der Waals surface area contributed by atoms with Crippen LogP contribution in [0.1, 0.15) is 29.1 Å². The average molecular weight is 339 g/mol. The molecule has 0 saturated heterocycles. The summed E-state index contributed by atoms with van der Waals surface area (Å²) in [6.07, 6.45) is 0.926. The molecule has 1 heterocycles. The van der Waals surface area contributed by atoms with Gasteiger partial charge in [0.2, 0.25) is 10.0 Å². The predicted octanol–water partition coefficient (Wildman–Crippen LogP) is 2.25. The lowest BCUT2D eigenvalue weighted by Gasteiger charge is -2.15. The van der Waals surface area contributed by atoms with Gasteiger partial charge in [0.05, 0.1) is 16.1 Å². The van der Waals surface area contributed by atoms with Gasteiger partial charge in [0, 0.05) is 17.5 Å². The third-order valence-corrected chi connectivity index (χ3v) is 5.99. The highest BCUT2D eigenvalue weighted by Gasteiger charge is 2.13. The van der Waals surface area contributed by atoms with E-state index in [4.69, 9.17) is 0 Å². The van der Waals surface area contributed by atoms with Gasteiger partial charge in [-0.25, -0.2) is 18.1 Å². The molecule has 1 aromatic carbocycles. The molecule has 0 radical (unpaired) electrons. The van der Waals surface area contributed by atoms with Gasteiger partial charge in [-0.05, 0) is 45.0 Å². The molecule has 0 unspecified atom stereocenters. The van der Waals surface area contributed by atoms with Crippen molar-refractivity contribution in [3.05, 3.63) is 45.9 Å². The Balaban J connectivity index is 1.99. The van der Waals surface area contributed by atoms with E-state index in [1.165, 1.54) is 11.9 Å². The van der Waals surface area contributed by atoms with Gasteiger partial charge in [-0.2, -0.15) is 0 Å². The number of rotatable bonds is 7. The topological polar surface area (TPSA) is 71.1 Å². The number of thiazole rings is 1. The second-order valence-electron chi connectivity index (χ2n) is 5.07. The van der Waals surface area contributed by atoms with E-state index in [9.17, 15) is 8.42 Å². The molecular formula is C15H21N3O2S2. The first-order valence-electron chi connectivity index (χ1n) is 7.10. The Hall–Kier alpha value is -1.28. The van der Waals surface area contributed by atoms with Crippen LogP contribution in [0.3, 0.4) is 0 Å². The minimum atomic E-state index is -3.40. The fourth-order valence-corrected chi connectivity index (χ4v) is 3.72. The fourth-order valence-electron chi connectivity index (χ4n) is 2.16. The van der Waals surface area contributed by atoms with Crippen molar-refractivity contribution >= 4 is 21.4 Å². The minimum Gasteiger partial charge on any atom is -0.310 e. The molecule has 22 heavy (non-hydrogen) atoms. The maximum atomic E-state index is 11.8. The van der Waals surface area contributed by atoms with Crippen molar-refractivity contribution in [3.63, 3.8) is 0 Å². The van der Waals surface area contributed by atoms with Crippen LogP contribution in [0.25, 0.3) is 0 Å². The summed E-state index contributed by atoms with van der Waals surface area (Å²) in [5, 5.41) is 3.42. The van der Waals surface area contributed by atoms with Gasteiger partial charge in [-0.15, -0.1) is 11.3 Å². The Labute approximate surface area is 135 Å². The minimum absolute atomic E-state index is 0.0835. The summed E-state index contributed by atoms with van der Waals surface area (Å²) in [5.74, 6) is 0. The van der Waals surface area contributed by atoms with E-state index in [1.807, 2.05) is 25.4 Å². The molecule has 0 spiro atoms. The summed E-state index contributed by atoms with van der Waals surface area (Å²) in [6.45, 7) is 4.87. The first kappa shape index (κ1) is 17.1. The summed E-state index contributed by atoms with van der Waals surface area (Å²) in [6, 6.07) is 7.10. The molecule has 0 saturated carbocycles. The van der Waals surface area contributed by atoms with Gasteiger partial charge in [0.15, 0.2) is 0 Å². The van der Waals surface area contributed by atoms with Gasteiger partial charge in [0.25, 0.3) is 0 Å². The van der Waals surface area contributed by atoms with E-state index in [0.717, 1.165) is 24.2 Å². The lowest BCUT2D eigenvalue weighted by molar-refractivity contribution is 0.574. The van der Waals surface area contributed by atoms with Crippen molar-refractivity contribution in [2.24, 2.45) is 0 Å². The Morgan fingerprint density at radius 3 is 2.77 bits per heavy atom. The largest absolute Gasteiger partial charge is 0.310 e. The van der Waals surface area contributed by atoms with E-state index in [0.29, 0.717) is 4.90 Å². The first-order chi connectivity index (χ1) is 10.4. The molecule has 120 valence electrons. The zero-order valence-electron chi connectivity index (χ0n) is 13.0. The second kappa shape index (κ2) is 7.32. The van der Waals surface area contributed by atoms with Gasteiger partial charge >= 0.3 is 0 Å². The maximum absolute atomic E-state index is 11.8. The molecule has 5 nitrogen and oxygen atoms in total. The zero-order valence-corrected chi connectivity index (χ0v) is 14.6. The van der Waals surface area contributed by atoms with Gasteiger partial charge < -0.3 is 5.32 Å². The summed E-state index contributed by atoms with van der Waals surface area (Å²) in [4.78, 5) is 5.81. The standard InChI is InChI=1S/C15H21N3O2S2/c1-11(17-8-7-15-12(2)18-10-21-15)13-5-4-6-14(9-13)22(19,20)16-3/h4-6,9-11,16-17H,7-8H2,1-3H3/t11-/m1/s1. The molecule has 0 amide bonds. The van der Waals surface area contributed by atoms with Crippen LogP contribution in [0, 0.1) is 6.92 Å². The Morgan fingerprint density at radius 2 is 2.14 bits per heavy atom. The molecule has 0 fully saturated rings. The van der Waals surface area contributed by atoms with Gasteiger partial charge in [-0.3, -0.25) is 0 Å². The van der Waals surface area contributed by atoms with E-state index < -0.39 is 10.0 Å². The zero-order chi connectivity index (χ0) is 16.2. The van der Waals surface area contributed by atoms with E-state index in [-0.39, 0.29) is 6.04 Å². The second-order valence-corrected chi connectivity index (χ2v) is 7.89. The molecule has 2 aromatic rings. The number of hydrogen-bond acceptors (Lipinski definition) is 5. The third-order valence-electron chi connectivity index (χ3n) is 3.58. The molecule has 0 aliphatic heterocycles. The van der Waals surface area contributed by atoms with Crippen LogP contribution in [0.4, 0.5) is 0 Å². The van der Waals surface area contributed by atoms with Crippen LogP contribution in [-0.4, -0.2) is 27.0 Å². The number of hydrogen-bond donors (Lipinski definition) is 2. The average Bonchev–Trinajstić information content (AvgIpc) is 2.92. The summed E-state index contributed by atoms with van der Waals surface area (Å²) >= 11 is 1.67. The number of nitrogens with one attached hydrogen (secondary N) is 2. The highest BCUT2D eigenvalue weighted by Crippen LogP contribution is 2.18. The molecule has 2 rings (SSSR count). The maximum Gasteiger partial charge on any atom is 0.240 e. The van der Waals surface area contributed by atoms with Crippen molar-refractivity contribution in [3.8, 4) is 0 Å². The Kier molecular flexibility index (Phi) is 5.69. The number of nitrogens with zero attached hydrogens (tertiary/aromatic N) is 1. The van der Waals surface area contributed by atoms with Crippen LogP contribution in [0.15, 0.2) is 34.7 Å². The molecule has 1 aromatic heterocycles. The highest BCUT2D eigenvalue weighted by molar-refractivity contribution is 7.89. The van der Waals surface area contributed by atoms with Crippen molar-refractivity contribution in [2.75, 3.05) is 13.6 Å². The van der Waals surface area contributed by atoms with E-state index in [2.05, 4.69) is 15.0 Å². The quantitative estimate of drug-likeness (QED) is 0.812. The lowest BCUT2D eigenvalue weighted by atomic mass is 10.1.